The normalized spacial score (nSPS) is 16.1. The van der Waals surface area contributed by atoms with Gasteiger partial charge in [-0.25, -0.2) is 14.6 Å². The molecule has 1 unspecified atom stereocenters. The van der Waals surface area contributed by atoms with Crippen molar-refractivity contribution in [1.29, 1.82) is 0 Å². The number of hydrogen-bond donors (Lipinski definition) is 0. The average molecular weight is 422 g/mol. The topological polar surface area (TPSA) is 99.2 Å². The zero-order valence-corrected chi connectivity index (χ0v) is 16.7. The summed E-state index contributed by atoms with van der Waals surface area (Å²) in [5.41, 5.74) is 1.17. The highest BCUT2D eigenvalue weighted by Gasteiger charge is 2.33. The van der Waals surface area contributed by atoms with Crippen LogP contribution in [0.4, 0.5) is 0 Å². The van der Waals surface area contributed by atoms with E-state index in [2.05, 4.69) is 20.2 Å². The number of thiazole rings is 1. The Hall–Kier alpha value is -3.53. The molecule has 1 aliphatic rings. The van der Waals surface area contributed by atoms with Crippen molar-refractivity contribution in [1.82, 2.24) is 29.8 Å². The average Bonchev–Trinajstić information content (AvgIpc) is 3.58. The smallest absolute Gasteiger partial charge is 0.276 e. The lowest BCUT2D eigenvalue weighted by Crippen LogP contribution is -2.30. The Labute approximate surface area is 175 Å². The van der Waals surface area contributed by atoms with E-state index in [1.54, 1.807) is 34.6 Å². The van der Waals surface area contributed by atoms with Crippen LogP contribution in [0.3, 0.4) is 0 Å². The summed E-state index contributed by atoms with van der Waals surface area (Å²) in [4.78, 5) is 23.0. The number of rotatable bonds is 6. The third-order valence-electron chi connectivity index (χ3n) is 4.93. The lowest BCUT2D eigenvalue weighted by Gasteiger charge is -2.21. The molecule has 0 spiro atoms. The number of ether oxygens (including phenoxy) is 1. The van der Waals surface area contributed by atoms with Crippen LogP contribution in [0, 0.1) is 0 Å². The first-order chi connectivity index (χ1) is 14.8. The van der Waals surface area contributed by atoms with E-state index in [9.17, 15) is 4.79 Å². The fourth-order valence-corrected chi connectivity index (χ4v) is 4.27. The van der Waals surface area contributed by atoms with Gasteiger partial charge >= 0.3 is 0 Å². The summed E-state index contributed by atoms with van der Waals surface area (Å²) in [6.45, 7) is 0.874. The van der Waals surface area contributed by atoms with E-state index in [4.69, 9.17) is 9.26 Å². The number of benzene rings is 1. The highest BCUT2D eigenvalue weighted by Crippen LogP contribution is 2.34. The summed E-state index contributed by atoms with van der Waals surface area (Å²) in [5.74, 6) is 1.02. The Morgan fingerprint density at radius 3 is 2.97 bits per heavy atom. The van der Waals surface area contributed by atoms with Crippen molar-refractivity contribution in [3.05, 3.63) is 71.0 Å². The van der Waals surface area contributed by atoms with Gasteiger partial charge in [-0.3, -0.25) is 4.79 Å². The molecule has 5 rings (SSSR count). The molecule has 4 aromatic rings. The standard InChI is InChI=1S/C20H18N6O3S/c27-20(25-8-1-2-18(25)19-22-7-9-30-19)17-10-16(29-24-17)11-28-15-5-3-14(4-6-15)26-13-21-12-23-26/h3-7,9-10,12-13,18H,1-2,8,11H2. The SMILES string of the molecule is O=C(c1cc(COc2ccc(-n3cncn3)cc2)on1)N1CCCC1c1nccs1. The Morgan fingerprint density at radius 1 is 1.30 bits per heavy atom. The maximum atomic E-state index is 12.9. The minimum Gasteiger partial charge on any atom is -0.486 e. The molecule has 9 nitrogen and oxygen atoms in total. The number of aromatic nitrogens is 5. The molecule has 0 radical (unpaired) electrons. The fraction of sp³-hybridized carbons (Fsp3) is 0.250. The molecule has 152 valence electrons. The Bertz CT molecular complexity index is 1110. The van der Waals surface area contributed by atoms with E-state index >= 15 is 0 Å². The number of carbonyl (C=O) groups is 1. The summed E-state index contributed by atoms with van der Waals surface area (Å²) >= 11 is 1.57. The van der Waals surface area contributed by atoms with Gasteiger partial charge in [-0.15, -0.1) is 11.3 Å². The van der Waals surface area contributed by atoms with Crippen molar-refractivity contribution < 1.29 is 14.1 Å². The van der Waals surface area contributed by atoms with Gasteiger partial charge in [0.15, 0.2) is 11.5 Å². The fourth-order valence-electron chi connectivity index (χ4n) is 3.49. The minimum atomic E-state index is -0.139. The van der Waals surface area contributed by atoms with Crippen molar-refractivity contribution in [2.75, 3.05) is 6.54 Å². The number of carbonyl (C=O) groups excluding carboxylic acids is 1. The van der Waals surface area contributed by atoms with E-state index in [1.807, 2.05) is 34.5 Å². The largest absolute Gasteiger partial charge is 0.486 e. The maximum Gasteiger partial charge on any atom is 0.276 e. The Kier molecular flexibility index (Phi) is 4.98. The van der Waals surface area contributed by atoms with Crippen LogP contribution < -0.4 is 4.74 Å². The van der Waals surface area contributed by atoms with Gasteiger partial charge in [0.1, 0.15) is 30.0 Å². The van der Waals surface area contributed by atoms with Crippen LogP contribution in [0.5, 0.6) is 5.75 Å². The molecule has 1 atom stereocenters. The van der Waals surface area contributed by atoms with E-state index in [0.717, 1.165) is 23.5 Å². The van der Waals surface area contributed by atoms with Crippen LogP contribution in [-0.4, -0.2) is 42.3 Å². The molecule has 1 aromatic carbocycles. The second-order valence-corrected chi connectivity index (χ2v) is 7.75. The molecule has 0 saturated carbocycles. The van der Waals surface area contributed by atoms with Crippen LogP contribution in [0.1, 0.15) is 40.1 Å². The van der Waals surface area contributed by atoms with E-state index < -0.39 is 0 Å². The van der Waals surface area contributed by atoms with Crippen LogP contribution >= 0.6 is 11.3 Å². The summed E-state index contributed by atoms with van der Waals surface area (Å²) in [6, 6.07) is 9.09. The first kappa shape index (κ1) is 18.5. The Morgan fingerprint density at radius 2 is 2.20 bits per heavy atom. The Balaban J connectivity index is 1.22. The van der Waals surface area contributed by atoms with Gasteiger partial charge in [0.2, 0.25) is 0 Å². The van der Waals surface area contributed by atoms with E-state index in [1.165, 1.54) is 6.33 Å². The van der Waals surface area contributed by atoms with Crippen molar-refractivity contribution in [2.45, 2.75) is 25.5 Å². The molecular weight excluding hydrogens is 404 g/mol. The number of likely N-dealkylation sites (tertiary alicyclic amines) is 1. The van der Waals surface area contributed by atoms with Crippen LogP contribution in [0.25, 0.3) is 5.69 Å². The van der Waals surface area contributed by atoms with Crippen LogP contribution in [-0.2, 0) is 6.61 Å². The second kappa shape index (κ2) is 8.07. The predicted octanol–water partition coefficient (Wildman–Crippen LogP) is 3.27. The summed E-state index contributed by atoms with van der Waals surface area (Å²) < 4.78 is 12.7. The zero-order chi connectivity index (χ0) is 20.3. The molecule has 3 aromatic heterocycles. The molecular formula is C20H18N6O3S. The molecule has 1 saturated heterocycles. The third kappa shape index (κ3) is 3.69. The molecule has 1 aliphatic heterocycles. The first-order valence-electron chi connectivity index (χ1n) is 9.52. The molecule has 0 aliphatic carbocycles. The molecule has 0 N–H and O–H groups in total. The highest BCUT2D eigenvalue weighted by atomic mass is 32.1. The summed E-state index contributed by atoms with van der Waals surface area (Å²) in [5, 5.41) is 10.9. The van der Waals surface area contributed by atoms with Crippen molar-refractivity contribution in [3.8, 4) is 11.4 Å². The molecule has 0 bridgehead atoms. The summed E-state index contributed by atoms with van der Waals surface area (Å²) in [6.07, 6.45) is 6.74. The lowest BCUT2D eigenvalue weighted by atomic mass is 10.2. The predicted molar refractivity (Wildman–Crippen MR) is 107 cm³/mol. The molecule has 10 heteroatoms. The van der Waals surface area contributed by atoms with Gasteiger partial charge in [0.25, 0.3) is 5.91 Å². The zero-order valence-electron chi connectivity index (χ0n) is 15.9. The quantitative estimate of drug-likeness (QED) is 0.470. The van der Waals surface area contributed by atoms with Gasteiger partial charge in [-0.1, -0.05) is 5.16 Å². The van der Waals surface area contributed by atoms with Gasteiger partial charge in [0, 0.05) is 24.2 Å². The second-order valence-electron chi connectivity index (χ2n) is 6.83. The van der Waals surface area contributed by atoms with Crippen LogP contribution in [0.2, 0.25) is 0 Å². The third-order valence-corrected chi connectivity index (χ3v) is 5.81. The van der Waals surface area contributed by atoms with Gasteiger partial charge in [0.05, 0.1) is 11.7 Å². The van der Waals surface area contributed by atoms with Crippen molar-refractivity contribution >= 4 is 17.2 Å². The van der Waals surface area contributed by atoms with E-state index in [-0.39, 0.29) is 18.6 Å². The van der Waals surface area contributed by atoms with Crippen molar-refractivity contribution in [2.24, 2.45) is 0 Å². The van der Waals surface area contributed by atoms with Gasteiger partial charge in [-0.05, 0) is 37.1 Å². The van der Waals surface area contributed by atoms with Gasteiger partial charge < -0.3 is 14.2 Å². The monoisotopic (exact) mass is 422 g/mol. The van der Waals surface area contributed by atoms with Gasteiger partial charge in [-0.2, -0.15) is 5.10 Å². The van der Waals surface area contributed by atoms with Crippen molar-refractivity contribution in [3.63, 3.8) is 0 Å². The minimum absolute atomic E-state index is 0.0115. The summed E-state index contributed by atoms with van der Waals surface area (Å²) in [7, 11) is 0. The molecule has 4 heterocycles. The highest BCUT2D eigenvalue weighted by molar-refractivity contribution is 7.09. The molecule has 30 heavy (non-hydrogen) atoms. The molecule has 1 amide bonds. The number of nitrogens with zero attached hydrogens (tertiary/aromatic N) is 6. The number of amides is 1. The maximum absolute atomic E-state index is 12.9. The number of hydrogen-bond acceptors (Lipinski definition) is 8. The molecule has 1 fully saturated rings. The first-order valence-corrected chi connectivity index (χ1v) is 10.4. The lowest BCUT2D eigenvalue weighted by molar-refractivity contribution is 0.0724. The van der Waals surface area contributed by atoms with E-state index in [0.29, 0.717) is 23.7 Å². The van der Waals surface area contributed by atoms with Crippen LogP contribution in [0.15, 0.2) is 59.1 Å².